The van der Waals surface area contributed by atoms with Crippen LogP contribution in [0, 0.1) is 6.92 Å². The Bertz CT molecular complexity index is 1370. The lowest BCUT2D eigenvalue weighted by Crippen LogP contribution is -2.46. The molecular weight excluding hydrogens is 456 g/mol. The van der Waals surface area contributed by atoms with Crippen LogP contribution in [-0.4, -0.2) is 65.6 Å². The van der Waals surface area contributed by atoms with Crippen LogP contribution < -0.4 is 15.6 Å². The van der Waals surface area contributed by atoms with Gasteiger partial charge in [0.15, 0.2) is 11.3 Å². The summed E-state index contributed by atoms with van der Waals surface area (Å²) in [6.07, 6.45) is 5.58. The Balaban J connectivity index is 1.56. The second kappa shape index (κ2) is 9.12. The molecule has 1 saturated heterocycles. The lowest BCUT2D eigenvalue weighted by Gasteiger charge is -2.26. The molecule has 1 aliphatic carbocycles. The maximum Gasteiger partial charge on any atom is 0.277 e. The maximum absolute atomic E-state index is 13.2. The topological polar surface area (TPSA) is 122 Å². The van der Waals surface area contributed by atoms with Crippen molar-refractivity contribution in [2.75, 3.05) is 33.3 Å². The van der Waals surface area contributed by atoms with Gasteiger partial charge >= 0.3 is 0 Å². The highest BCUT2D eigenvalue weighted by molar-refractivity contribution is 7.89. The van der Waals surface area contributed by atoms with Gasteiger partial charge in [0, 0.05) is 38.2 Å². The number of methoxy groups -OCH3 is 1. The molecule has 0 amide bonds. The van der Waals surface area contributed by atoms with Crippen LogP contribution >= 0.6 is 0 Å². The van der Waals surface area contributed by atoms with Gasteiger partial charge in [-0.3, -0.25) is 4.79 Å². The molecule has 1 saturated carbocycles. The zero-order valence-electron chi connectivity index (χ0n) is 19.5. The highest BCUT2D eigenvalue weighted by atomic mass is 32.2. The Hall–Kier alpha value is -2.76. The second-order valence-electron chi connectivity index (χ2n) is 8.96. The van der Waals surface area contributed by atoms with Gasteiger partial charge in [-0.1, -0.05) is 19.3 Å². The predicted molar refractivity (Wildman–Crippen MR) is 128 cm³/mol. The van der Waals surface area contributed by atoms with Gasteiger partial charge in [-0.05, 0) is 31.9 Å². The summed E-state index contributed by atoms with van der Waals surface area (Å²) >= 11 is 0. The van der Waals surface area contributed by atoms with E-state index in [0.717, 1.165) is 31.4 Å². The minimum absolute atomic E-state index is 0.150. The van der Waals surface area contributed by atoms with Crippen LogP contribution in [0.15, 0.2) is 27.9 Å². The standard InChI is InChI=1S/C23H30N6O4S/c1-15-25-20(16-6-4-3-5-7-16)21-23(30)26-22(27-29(15)21)18-9-8-17(14-19(18)33-2)34(31,32)28-12-10-24-11-13-28/h8-9,14,16,24H,3-7,10-13H2,1-2H3,(H,26,27,30). The number of aromatic amines is 1. The lowest BCUT2D eigenvalue weighted by atomic mass is 9.87. The number of nitrogens with zero attached hydrogens (tertiary/aromatic N) is 4. The number of fused-ring (bicyclic) bond motifs is 1. The number of sulfonamides is 1. The van der Waals surface area contributed by atoms with E-state index in [-0.39, 0.29) is 16.4 Å². The monoisotopic (exact) mass is 486 g/mol. The quantitative estimate of drug-likeness (QED) is 0.566. The maximum atomic E-state index is 13.2. The van der Waals surface area contributed by atoms with E-state index in [2.05, 4.69) is 15.4 Å². The van der Waals surface area contributed by atoms with Crippen molar-refractivity contribution in [3.63, 3.8) is 0 Å². The molecule has 10 nitrogen and oxygen atoms in total. The molecule has 2 N–H and O–H groups in total. The summed E-state index contributed by atoms with van der Waals surface area (Å²) in [5.41, 5.74) is 1.56. The van der Waals surface area contributed by atoms with Gasteiger partial charge in [0.2, 0.25) is 10.0 Å². The third kappa shape index (κ3) is 4.01. The van der Waals surface area contributed by atoms with E-state index < -0.39 is 10.0 Å². The fourth-order valence-corrected chi connectivity index (χ4v) is 6.47. The van der Waals surface area contributed by atoms with Crippen molar-refractivity contribution < 1.29 is 13.2 Å². The Labute approximate surface area is 198 Å². The number of nitrogens with one attached hydrogen (secondary N) is 2. The van der Waals surface area contributed by atoms with Gasteiger partial charge in [0.25, 0.3) is 5.56 Å². The van der Waals surface area contributed by atoms with E-state index >= 15 is 0 Å². The molecule has 0 bridgehead atoms. The molecule has 182 valence electrons. The Kier molecular flexibility index (Phi) is 6.17. The molecule has 2 aliphatic rings. The van der Waals surface area contributed by atoms with Crippen LogP contribution in [0.25, 0.3) is 16.9 Å². The summed E-state index contributed by atoms with van der Waals surface area (Å²) in [5.74, 6) is 1.55. The predicted octanol–water partition coefficient (Wildman–Crippen LogP) is 2.04. The zero-order chi connectivity index (χ0) is 23.9. The average Bonchev–Trinajstić information content (AvgIpc) is 3.21. The first-order chi connectivity index (χ1) is 16.4. The molecule has 1 aliphatic heterocycles. The summed E-state index contributed by atoms with van der Waals surface area (Å²) in [7, 11) is -2.17. The van der Waals surface area contributed by atoms with Crippen LogP contribution in [0.4, 0.5) is 0 Å². The van der Waals surface area contributed by atoms with Crippen molar-refractivity contribution in [3.05, 3.63) is 40.1 Å². The second-order valence-corrected chi connectivity index (χ2v) is 10.9. The lowest BCUT2D eigenvalue weighted by molar-refractivity contribution is 0.359. The van der Waals surface area contributed by atoms with E-state index in [4.69, 9.17) is 9.72 Å². The van der Waals surface area contributed by atoms with Crippen LogP contribution in [0.5, 0.6) is 5.75 Å². The molecule has 3 heterocycles. The molecule has 2 aromatic heterocycles. The molecule has 5 rings (SSSR count). The molecule has 0 radical (unpaired) electrons. The molecule has 3 aromatic rings. The van der Waals surface area contributed by atoms with Crippen LogP contribution in [-0.2, 0) is 10.0 Å². The number of hydrogen-bond donors (Lipinski definition) is 2. The number of hydrogen-bond acceptors (Lipinski definition) is 7. The van der Waals surface area contributed by atoms with Crippen LogP contribution in [0.2, 0.25) is 0 Å². The molecule has 2 fully saturated rings. The van der Waals surface area contributed by atoms with Gasteiger partial charge in [0.05, 0.1) is 23.3 Å². The van der Waals surface area contributed by atoms with Crippen molar-refractivity contribution >= 4 is 15.5 Å². The fourth-order valence-electron chi connectivity index (χ4n) is 5.01. The van der Waals surface area contributed by atoms with Gasteiger partial charge in [-0.15, -0.1) is 5.10 Å². The van der Waals surface area contributed by atoms with E-state index in [1.54, 1.807) is 10.6 Å². The van der Waals surface area contributed by atoms with E-state index in [9.17, 15) is 13.2 Å². The highest BCUT2D eigenvalue weighted by Gasteiger charge is 2.28. The summed E-state index contributed by atoms with van der Waals surface area (Å²) < 4.78 is 34.8. The van der Waals surface area contributed by atoms with Crippen molar-refractivity contribution in [2.24, 2.45) is 0 Å². The Morgan fingerprint density at radius 2 is 1.85 bits per heavy atom. The molecule has 0 unspecified atom stereocenters. The van der Waals surface area contributed by atoms with Gasteiger partial charge in [-0.2, -0.15) is 4.31 Å². The summed E-state index contributed by atoms with van der Waals surface area (Å²) in [6.45, 7) is 3.91. The number of aryl methyl sites for hydroxylation is 1. The van der Waals surface area contributed by atoms with Crippen LogP contribution in [0.1, 0.15) is 49.5 Å². The van der Waals surface area contributed by atoms with Gasteiger partial charge < -0.3 is 15.0 Å². The first-order valence-corrected chi connectivity index (χ1v) is 13.2. The van der Waals surface area contributed by atoms with Gasteiger partial charge in [0.1, 0.15) is 11.6 Å². The minimum Gasteiger partial charge on any atom is -0.496 e. The zero-order valence-corrected chi connectivity index (χ0v) is 20.3. The summed E-state index contributed by atoms with van der Waals surface area (Å²) in [4.78, 5) is 20.9. The number of imidazole rings is 1. The molecule has 0 spiro atoms. The largest absolute Gasteiger partial charge is 0.496 e. The van der Waals surface area contributed by atoms with E-state index in [1.807, 2.05) is 6.92 Å². The Morgan fingerprint density at radius 3 is 2.56 bits per heavy atom. The summed E-state index contributed by atoms with van der Waals surface area (Å²) in [6, 6.07) is 4.66. The highest BCUT2D eigenvalue weighted by Crippen LogP contribution is 2.34. The molecule has 11 heteroatoms. The third-order valence-corrected chi connectivity index (χ3v) is 8.72. The first-order valence-electron chi connectivity index (χ1n) is 11.8. The smallest absolute Gasteiger partial charge is 0.277 e. The van der Waals surface area contributed by atoms with Crippen molar-refractivity contribution in [1.29, 1.82) is 0 Å². The number of benzene rings is 1. The first kappa shape index (κ1) is 23.0. The number of piperazine rings is 1. The number of rotatable bonds is 5. The molecule has 1 aromatic carbocycles. The normalized spacial score (nSPS) is 18.4. The van der Waals surface area contributed by atoms with Gasteiger partial charge in [-0.25, -0.2) is 17.9 Å². The molecule has 0 atom stereocenters. The minimum atomic E-state index is -3.65. The number of H-pyrrole nitrogens is 1. The van der Waals surface area contributed by atoms with E-state index in [1.165, 1.54) is 30.0 Å². The average molecular weight is 487 g/mol. The number of aromatic nitrogens is 4. The molecule has 34 heavy (non-hydrogen) atoms. The Morgan fingerprint density at radius 1 is 1.12 bits per heavy atom. The van der Waals surface area contributed by atoms with Crippen molar-refractivity contribution in [2.45, 2.75) is 49.8 Å². The van der Waals surface area contributed by atoms with Crippen LogP contribution in [0.3, 0.4) is 0 Å². The number of ether oxygens (including phenoxy) is 1. The molecular formula is C23H30N6O4S. The summed E-state index contributed by atoms with van der Waals surface area (Å²) in [5, 5.41) is 7.82. The fraction of sp³-hybridized carbons (Fsp3) is 0.522. The van der Waals surface area contributed by atoms with Crippen molar-refractivity contribution in [1.82, 2.24) is 29.2 Å². The van der Waals surface area contributed by atoms with E-state index in [0.29, 0.717) is 54.7 Å². The van der Waals surface area contributed by atoms with Crippen molar-refractivity contribution in [3.8, 4) is 17.1 Å². The SMILES string of the molecule is COc1cc(S(=O)(=O)N2CCNCC2)ccc1-c1nn2c(C)nc(C3CCCCC3)c2c(=O)[nH]1. The third-order valence-electron chi connectivity index (χ3n) is 6.82.